The number of hydrogen-bond donors (Lipinski definition) is 2. The number of anilines is 1. The minimum atomic E-state index is 0.404. The van der Waals surface area contributed by atoms with Crippen LogP contribution < -0.4 is 15.5 Å². The van der Waals surface area contributed by atoms with E-state index in [1.54, 1.807) is 0 Å². The number of morpholine rings is 1. The first-order valence-corrected chi connectivity index (χ1v) is 10.5. The number of aryl methyl sites for hydroxylation is 1. The summed E-state index contributed by atoms with van der Waals surface area (Å²) in [5.74, 6) is 2.26. The number of benzene rings is 1. The average Bonchev–Trinajstić information content (AvgIpc) is 2.76. The Bertz CT molecular complexity index is 801. The van der Waals surface area contributed by atoms with Crippen LogP contribution in [0.25, 0.3) is 0 Å². The molecular formula is C23H33N5O. The van der Waals surface area contributed by atoms with Gasteiger partial charge in [-0.25, -0.2) is 9.98 Å². The van der Waals surface area contributed by atoms with E-state index in [2.05, 4.69) is 71.6 Å². The van der Waals surface area contributed by atoms with E-state index < -0.39 is 0 Å². The quantitative estimate of drug-likeness (QED) is 0.557. The normalized spacial score (nSPS) is 15.8. The van der Waals surface area contributed by atoms with Gasteiger partial charge >= 0.3 is 0 Å². The Morgan fingerprint density at radius 3 is 2.79 bits per heavy atom. The second-order valence-corrected chi connectivity index (χ2v) is 7.48. The molecular weight excluding hydrogens is 362 g/mol. The Labute approximate surface area is 174 Å². The lowest BCUT2D eigenvalue weighted by atomic mass is 9.99. The molecule has 1 saturated heterocycles. The van der Waals surface area contributed by atoms with E-state index in [9.17, 15) is 0 Å². The zero-order valence-electron chi connectivity index (χ0n) is 17.8. The highest BCUT2D eigenvalue weighted by atomic mass is 16.5. The molecule has 6 heteroatoms. The molecule has 0 saturated carbocycles. The van der Waals surface area contributed by atoms with Crippen molar-refractivity contribution in [3.63, 3.8) is 0 Å². The van der Waals surface area contributed by atoms with Crippen LogP contribution in [0.1, 0.15) is 36.5 Å². The van der Waals surface area contributed by atoms with Crippen LogP contribution >= 0.6 is 0 Å². The van der Waals surface area contributed by atoms with Crippen molar-refractivity contribution in [3.8, 4) is 0 Å². The zero-order valence-corrected chi connectivity index (χ0v) is 17.8. The van der Waals surface area contributed by atoms with E-state index in [0.717, 1.165) is 56.7 Å². The van der Waals surface area contributed by atoms with Crippen LogP contribution in [0.2, 0.25) is 0 Å². The summed E-state index contributed by atoms with van der Waals surface area (Å²) in [6.07, 6.45) is 1.85. The highest BCUT2D eigenvalue weighted by molar-refractivity contribution is 5.79. The van der Waals surface area contributed by atoms with Gasteiger partial charge in [-0.05, 0) is 31.4 Å². The van der Waals surface area contributed by atoms with Gasteiger partial charge in [0.2, 0.25) is 0 Å². The molecule has 6 nitrogen and oxygen atoms in total. The number of nitrogens with one attached hydrogen (secondary N) is 2. The van der Waals surface area contributed by atoms with E-state index in [4.69, 9.17) is 9.73 Å². The largest absolute Gasteiger partial charge is 0.378 e. The average molecular weight is 396 g/mol. The first kappa shape index (κ1) is 21.1. The maximum absolute atomic E-state index is 5.47. The number of aliphatic imine (C=N–C) groups is 1. The van der Waals surface area contributed by atoms with Crippen LogP contribution in [0.5, 0.6) is 0 Å². The second kappa shape index (κ2) is 10.8. The van der Waals surface area contributed by atoms with Crippen molar-refractivity contribution in [1.29, 1.82) is 0 Å². The Balaban J connectivity index is 1.65. The van der Waals surface area contributed by atoms with Crippen molar-refractivity contribution in [3.05, 3.63) is 59.3 Å². The van der Waals surface area contributed by atoms with Crippen LogP contribution in [-0.2, 0) is 11.3 Å². The third-order valence-corrected chi connectivity index (χ3v) is 5.12. The summed E-state index contributed by atoms with van der Waals surface area (Å²) in [6, 6.07) is 12.8. The summed E-state index contributed by atoms with van der Waals surface area (Å²) in [4.78, 5) is 11.7. The molecule has 0 amide bonds. The summed E-state index contributed by atoms with van der Waals surface area (Å²) in [5.41, 5.74) is 3.77. The maximum atomic E-state index is 5.47. The van der Waals surface area contributed by atoms with Crippen LogP contribution in [-0.4, -0.2) is 50.3 Å². The van der Waals surface area contributed by atoms with Gasteiger partial charge in [-0.2, -0.15) is 0 Å². The predicted molar refractivity (Wildman–Crippen MR) is 120 cm³/mol. The predicted octanol–water partition coefficient (Wildman–Crippen LogP) is 3.09. The van der Waals surface area contributed by atoms with E-state index in [1.165, 1.54) is 11.1 Å². The van der Waals surface area contributed by atoms with Gasteiger partial charge in [0.05, 0.1) is 19.8 Å². The molecule has 0 bridgehead atoms. The Hall–Kier alpha value is -2.60. The van der Waals surface area contributed by atoms with Gasteiger partial charge in [-0.15, -0.1) is 0 Å². The van der Waals surface area contributed by atoms with Crippen LogP contribution in [0.15, 0.2) is 47.6 Å². The summed E-state index contributed by atoms with van der Waals surface area (Å²) in [7, 11) is 0. The number of guanidine groups is 1. The summed E-state index contributed by atoms with van der Waals surface area (Å²) in [6.45, 7) is 12.0. The standard InChI is InChI=1S/C23H33N5O/c1-4-24-23(26-16-19(3)20-8-5-7-18(2)15-20)27-17-21-9-6-10-25-22(21)28-11-13-29-14-12-28/h5-10,15,19H,4,11-14,16-17H2,1-3H3,(H2,24,26,27). The van der Waals surface area contributed by atoms with Gasteiger partial charge in [0.15, 0.2) is 5.96 Å². The second-order valence-electron chi connectivity index (χ2n) is 7.48. The summed E-state index contributed by atoms with van der Waals surface area (Å²) >= 11 is 0. The molecule has 1 aliphatic rings. The van der Waals surface area contributed by atoms with E-state index in [1.807, 2.05) is 12.3 Å². The summed E-state index contributed by atoms with van der Waals surface area (Å²) in [5, 5.41) is 6.85. The molecule has 1 aliphatic heterocycles. The zero-order chi connectivity index (χ0) is 20.5. The number of ether oxygens (including phenoxy) is 1. The molecule has 0 radical (unpaired) electrons. The van der Waals surface area contributed by atoms with Crippen molar-refractivity contribution >= 4 is 11.8 Å². The Morgan fingerprint density at radius 2 is 2.03 bits per heavy atom. The smallest absolute Gasteiger partial charge is 0.191 e. The van der Waals surface area contributed by atoms with Gasteiger partial charge in [0.1, 0.15) is 5.82 Å². The fourth-order valence-electron chi connectivity index (χ4n) is 3.46. The number of rotatable bonds is 7. The lowest BCUT2D eigenvalue weighted by Gasteiger charge is -2.29. The van der Waals surface area contributed by atoms with Crippen molar-refractivity contribution in [2.75, 3.05) is 44.3 Å². The fraction of sp³-hybridized carbons (Fsp3) is 0.478. The molecule has 1 atom stereocenters. The summed E-state index contributed by atoms with van der Waals surface area (Å²) < 4.78 is 5.47. The lowest BCUT2D eigenvalue weighted by molar-refractivity contribution is 0.122. The minimum absolute atomic E-state index is 0.404. The molecule has 0 spiro atoms. The number of nitrogens with zero attached hydrogens (tertiary/aromatic N) is 3. The third-order valence-electron chi connectivity index (χ3n) is 5.12. The molecule has 3 rings (SSSR count). The van der Waals surface area contributed by atoms with Crippen LogP contribution in [0, 0.1) is 6.92 Å². The SMILES string of the molecule is CCNC(=NCc1cccnc1N1CCOCC1)NCC(C)c1cccc(C)c1. The van der Waals surface area contributed by atoms with E-state index in [0.29, 0.717) is 12.5 Å². The van der Waals surface area contributed by atoms with Gasteiger partial charge in [-0.3, -0.25) is 0 Å². The van der Waals surface area contributed by atoms with Gasteiger partial charge in [0.25, 0.3) is 0 Å². The lowest BCUT2D eigenvalue weighted by Crippen LogP contribution is -2.39. The fourth-order valence-corrected chi connectivity index (χ4v) is 3.46. The molecule has 0 aliphatic carbocycles. The molecule has 2 aromatic rings. The van der Waals surface area contributed by atoms with E-state index >= 15 is 0 Å². The molecule has 1 aromatic carbocycles. The highest BCUT2D eigenvalue weighted by Crippen LogP contribution is 2.19. The molecule has 156 valence electrons. The highest BCUT2D eigenvalue weighted by Gasteiger charge is 2.15. The van der Waals surface area contributed by atoms with Crippen molar-refractivity contribution in [2.45, 2.75) is 33.2 Å². The molecule has 1 aromatic heterocycles. The monoisotopic (exact) mass is 395 g/mol. The van der Waals surface area contributed by atoms with Gasteiger partial charge < -0.3 is 20.3 Å². The molecule has 1 fully saturated rings. The molecule has 2 heterocycles. The van der Waals surface area contributed by atoms with Crippen molar-refractivity contribution in [1.82, 2.24) is 15.6 Å². The minimum Gasteiger partial charge on any atom is -0.378 e. The molecule has 29 heavy (non-hydrogen) atoms. The van der Waals surface area contributed by atoms with Crippen molar-refractivity contribution < 1.29 is 4.74 Å². The number of aromatic nitrogens is 1. The third kappa shape index (κ3) is 6.19. The topological polar surface area (TPSA) is 61.8 Å². The number of pyridine rings is 1. The van der Waals surface area contributed by atoms with Crippen LogP contribution in [0.4, 0.5) is 5.82 Å². The Morgan fingerprint density at radius 1 is 1.21 bits per heavy atom. The molecule has 2 N–H and O–H groups in total. The van der Waals surface area contributed by atoms with Gasteiger partial charge in [-0.1, -0.05) is 42.8 Å². The maximum Gasteiger partial charge on any atom is 0.191 e. The first-order chi connectivity index (χ1) is 14.2. The first-order valence-electron chi connectivity index (χ1n) is 10.5. The van der Waals surface area contributed by atoms with E-state index in [-0.39, 0.29) is 0 Å². The number of hydrogen-bond acceptors (Lipinski definition) is 4. The Kier molecular flexibility index (Phi) is 7.87. The molecule has 1 unspecified atom stereocenters. The van der Waals surface area contributed by atoms with Crippen LogP contribution in [0.3, 0.4) is 0 Å². The van der Waals surface area contributed by atoms with Crippen molar-refractivity contribution in [2.24, 2.45) is 4.99 Å². The van der Waals surface area contributed by atoms with Gasteiger partial charge in [0, 0.05) is 37.9 Å².